The number of nitrogen functional groups attached to an aromatic ring is 1. The standard InChI is InChI=1S/C12H16N6O/c1-4-8-9(13)10(18-17-8)11(19)16-12-14-6(2)5-7(3)15-12/h5H,4,13H2,1-3H3,(H,17,18)(H,14,15,16,19). The third-order valence-electron chi connectivity index (χ3n) is 2.66. The van der Waals surface area contributed by atoms with Gasteiger partial charge in [-0.05, 0) is 26.3 Å². The van der Waals surface area contributed by atoms with Crippen LogP contribution in [0.5, 0.6) is 0 Å². The Morgan fingerprint density at radius 2 is 2.00 bits per heavy atom. The Labute approximate surface area is 110 Å². The molecule has 2 heterocycles. The zero-order chi connectivity index (χ0) is 14.0. The Bertz CT molecular complexity index is 598. The van der Waals surface area contributed by atoms with Crippen molar-refractivity contribution in [1.82, 2.24) is 20.2 Å². The summed E-state index contributed by atoms with van der Waals surface area (Å²) in [6, 6.07) is 1.83. The molecular weight excluding hydrogens is 244 g/mol. The first kappa shape index (κ1) is 13.0. The molecule has 0 bridgehead atoms. The maximum Gasteiger partial charge on any atom is 0.280 e. The van der Waals surface area contributed by atoms with E-state index in [1.807, 2.05) is 26.8 Å². The van der Waals surface area contributed by atoms with Crippen molar-refractivity contribution in [1.29, 1.82) is 0 Å². The molecule has 100 valence electrons. The second kappa shape index (κ2) is 5.05. The van der Waals surface area contributed by atoms with Crippen molar-refractivity contribution in [2.75, 3.05) is 11.1 Å². The van der Waals surface area contributed by atoms with Gasteiger partial charge in [0.2, 0.25) is 5.95 Å². The first-order valence-electron chi connectivity index (χ1n) is 5.97. The Balaban J connectivity index is 2.23. The Morgan fingerprint density at radius 1 is 1.37 bits per heavy atom. The van der Waals surface area contributed by atoms with E-state index >= 15 is 0 Å². The third-order valence-corrected chi connectivity index (χ3v) is 2.66. The predicted molar refractivity (Wildman–Crippen MR) is 71.8 cm³/mol. The molecule has 2 aromatic rings. The fourth-order valence-corrected chi connectivity index (χ4v) is 1.77. The van der Waals surface area contributed by atoms with E-state index in [9.17, 15) is 4.79 Å². The summed E-state index contributed by atoms with van der Waals surface area (Å²) in [5.74, 6) is -0.165. The molecule has 2 aromatic heterocycles. The van der Waals surface area contributed by atoms with E-state index in [2.05, 4.69) is 25.5 Å². The number of nitrogens with one attached hydrogen (secondary N) is 2. The van der Waals surface area contributed by atoms with E-state index in [1.54, 1.807) is 0 Å². The number of amides is 1. The highest BCUT2D eigenvalue weighted by Crippen LogP contribution is 2.15. The number of nitrogens with two attached hydrogens (primary N) is 1. The Kier molecular flexibility index (Phi) is 3.46. The number of carbonyl (C=O) groups is 1. The molecule has 0 saturated carbocycles. The van der Waals surface area contributed by atoms with Crippen LogP contribution in [0.25, 0.3) is 0 Å². The lowest BCUT2D eigenvalue weighted by atomic mass is 10.2. The van der Waals surface area contributed by atoms with Crippen LogP contribution in [0, 0.1) is 13.8 Å². The number of nitrogens with zero attached hydrogens (tertiary/aromatic N) is 3. The molecule has 0 saturated heterocycles. The van der Waals surface area contributed by atoms with Gasteiger partial charge in [-0.2, -0.15) is 5.10 Å². The van der Waals surface area contributed by atoms with Crippen molar-refractivity contribution in [3.63, 3.8) is 0 Å². The van der Waals surface area contributed by atoms with Crippen LogP contribution in [0.2, 0.25) is 0 Å². The maximum atomic E-state index is 12.0. The highest BCUT2D eigenvalue weighted by Gasteiger charge is 2.17. The van der Waals surface area contributed by atoms with Crippen molar-refractivity contribution in [3.8, 4) is 0 Å². The van der Waals surface area contributed by atoms with Crippen LogP contribution >= 0.6 is 0 Å². The fraction of sp³-hybridized carbons (Fsp3) is 0.333. The Hall–Kier alpha value is -2.44. The highest BCUT2D eigenvalue weighted by molar-refractivity contribution is 6.05. The van der Waals surface area contributed by atoms with Gasteiger partial charge in [-0.3, -0.25) is 15.2 Å². The number of H-pyrrole nitrogens is 1. The largest absolute Gasteiger partial charge is 0.395 e. The second-order valence-corrected chi connectivity index (χ2v) is 4.25. The summed E-state index contributed by atoms with van der Waals surface area (Å²) in [7, 11) is 0. The summed E-state index contributed by atoms with van der Waals surface area (Å²) in [6.45, 7) is 5.60. The minimum Gasteiger partial charge on any atom is -0.395 e. The quantitative estimate of drug-likeness (QED) is 0.768. The molecule has 0 fully saturated rings. The molecule has 2 rings (SSSR count). The lowest BCUT2D eigenvalue weighted by molar-refractivity contribution is 0.102. The second-order valence-electron chi connectivity index (χ2n) is 4.25. The summed E-state index contributed by atoms with van der Waals surface area (Å²) >= 11 is 0. The van der Waals surface area contributed by atoms with Crippen LogP contribution in [0.3, 0.4) is 0 Å². The van der Waals surface area contributed by atoms with E-state index in [0.29, 0.717) is 12.1 Å². The van der Waals surface area contributed by atoms with Crippen LogP contribution in [0.1, 0.15) is 34.5 Å². The van der Waals surface area contributed by atoms with E-state index < -0.39 is 5.91 Å². The number of aromatic amines is 1. The van der Waals surface area contributed by atoms with E-state index in [4.69, 9.17) is 5.73 Å². The molecule has 0 aliphatic rings. The van der Waals surface area contributed by atoms with Gasteiger partial charge in [0, 0.05) is 11.4 Å². The van der Waals surface area contributed by atoms with Gasteiger partial charge in [0.1, 0.15) is 0 Å². The average Bonchev–Trinajstić information content (AvgIpc) is 2.68. The van der Waals surface area contributed by atoms with Crippen LogP contribution in [-0.2, 0) is 6.42 Å². The molecule has 19 heavy (non-hydrogen) atoms. The van der Waals surface area contributed by atoms with Crippen LogP contribution in [0.4, 0.5) is 11.6 Å². The van der Waals surface area contributed by atoms with Crippen molar-refractivity contribution >= 4 is 17.5 Å². The molecule has 4 N–H and O–H groups in total. The molecule has 0 radical (unpaired) electrons. The summed E-state index contributed by atoms with van der Waals surface area (Å²) in [6.07, 6.45) is 0.687. The van der Waals surface area contributed by atoms with Gasteiger partial charge in [-0.15, -0.1) is 0 Å². The fourth-order valence-electron chi connectivity index (χ4n) is 1.77. The van der Waals surface area contributed by atoms with Gasteiger partial charge in [-0.25, -0.2) is 9.97 Å². The van der Waals surface area contributed by atoms with Crippen molar-refractivity contribution < 1.29 is 4.79 Å². The third kappa shape index (κ3) is 2.70. The lowest BCUT2D eigenvalue weighted by Crippen LogP contribution is -2.16. The van der Waals surface area contributed by atoms with Crippen molar-refractivity contribution in [3.05, 3.63) is 28.8 Å². The first-order valence-corrected chi connectivity index (χ1v) is 5.97. The Morgan fingerprint density at radius 3 is 2.53 bits per heavy atom. The zero-order valence-electron chi connectivity index (χ0n) is 11.1. The molecule has 7 nitrogen and oxygen atoms in total. The molecule has 0 aliphatic carbocycles. The number of rotatable bonds is 3. The molecule has 0 unspecified atom stereocenters. The van der Waals surface area contributed by atoms with Crippen molar-refractivity contribution in [2.24, 2.45) is 0 Å². The van der Waals surface area contributed by atoms with Gasteiger partial charge in [0.05, 0.1) is 11.4 Å². The summed E-state index contributed by atoms with van der Waals surface area (Å²) in [5.41, 5.74) is 8.68. The van der Waals surface area contributed by atoms with Crippen LogP contribution in [-0.4, -0.2) is 26.1 Å². The van der Waals surface area contributed by atoms with Crippen molar-refractivity contribution in [2.45, 2.75) is 27.2 Å². The normalized spacial score (nSPS) is 10.5. The maximum absolute atomic E-state index is 12.0. The molecule has 0 aliphatic heterocycles. The molecule has 0 spiro atoms. The SMILES string of the molecule is CCc1[nH]nc(C(=O)Nc2nc(C)cc(C)n2)c1N. The van der Waals surface area contributed by atoms with Gasteiger partial charge in [-0.1, -0.05) is 6.92 Å². The van der Waals surface area contributed by atoms with Crippen LogP contribution in [0.15, 0.2) is 6.07 Å². The number of hydrogen-bond acceptors (Lipinski definition) is 5. The minimum atomic E-state index is -0.418. The minimum absolute atomic E-state index is 0.166. The predicted octanol–water partition coefficient (Wildman–Crippen LogP) is 1.21. The molecule has 7 heteroatoms. The number of aryl methyl sites for hydroxylation is 3. The molecular formula is C12H16N6O. The topological polar surface area (TPSA) is 110 Å². The zero-order valence-corrected chi connectivity index (χ0v) is 11.1. The number of aromatic nitrogens is 4. The molecule has 1 amide bonds. The smallest absolute Gasteiger partial charge is 0.280 e. The van der Waals surface area contributed by atoms with E-state index in [0.717, 1.165) is 17.1 Å². The molecule has 0 atom stereocenters. The van der Waals surface area contributed by atoms with Crippen LogP contribution < -0.4 is 11.1 Å². The summed E-state index contributed by atoms with van der Waals surface area (Å²) in [4.78, 5) is 20.3. The number of anilines is 2. The number of hydrogen-bond donors (Lipinski definition) is 3. The van der Waals surface area contributed by atoms with Gasteiger partial charge < -0.3 is 5.73 Å². The first-order chi connectivity index (χ1) is 9.01. The van der Waals surface area contributed by atoms with E-state index in [-0.39, 0.29) is 11.6 Å². The summed E-state index contributed by atoms with van der Waals surface area (Å²) < 4.78 is 0. The van der Waals surface area contributed by atoms with Gasteiger partial charge >= 0.3 is 0 Å². The van der Waals surface area contributed by atoms with E-state index in [1.165, 1.54) is 0 Å². The molecule has 0 aromatic carbocycles. The van der Waals surface area contributed by atoms with Gasteiger partial charge in [0.25, 0.3) is 5.91 Å². The number of carbonyl (C=O) groups excluding carboxylic acids is 1. The lowest BCUT2D eigenvalue weighted by Gasteiger charge is -2.04. The monoisotopic (exact) mass is 260 g/mol. The summed E-state index contributed by atoms with van der Waals surface area (Å²) in [5, 5.41) is 9.24. The average molecular weight is 260 g/mol. The highest BCUT2D eigenvalue weighted by atomic mass is 16.2. The van der Waals surface area contributed by atoms with Gasteiger partial charge in [0.15, 0.2) is 5.69 Å².